The van der Waals surface area contributed by atoms with Crippen molar-refractivity contribution in [2.45, 2.75) is 27.7 Å². The fraction of sp³-hybridized carbons (Fsp3) is 0.0833. The SMILES string of the molecule is Cc1cc(-c2ccccc2)cc(C)c1-n1ccnc1-c1[c-]ccc(C#N)c1.Cc1cc(-c2ccccc2)cc(C)c1-n1ccnc1-c1cccc(C#N)c1.[Ir]. The first-order valence-corrected chi connectivity index (χ1v) is 17.7. The molecular weight excluding hydrogens is 853 g/mol. The summed E-state index contributed by atoms with van der Waals surface area (Å²) in [6.07, 6.45) is 7.52. The number of hydrogen-bond acceptors (Lipinski definition) is 4. The molecule has 0 atom stereocenters. The molecule has 269 valence electrons. The molecule has 8 rings (SSSR count). The third-order valence-electron chi connectivity index (χ3n) is 9.38. The Hall–Kier alpha value is -6.63. The Bertz CT molecular complexity index is 2440. The first-order chi connectivity index (χ1) is 26.3. The van der Waals surface area contributed by atoms with Crippen LogP contribution < -0.4 is 0 Å². The van der Waals surface area contributed by atoms with Crippen LogP contribution in [0.15, 0.2) is 152 Å². The van der Waals surface area contributed by atoms with Crippen LogP contribution in [0.3, 0.4) is 0 Å². The molecule has 0 bridgehead atoms. The van der Waals surface area contributed by atoms with Crippen LogP contribution in [0.4, 0.5) is 0 Å². The molecule has 6 aromatic carbocycles. The van der Waals surface area contributed by atoms with Crippen molar-refractivity contribution in [3.63, 3.8) is 0 Å². The van der Waals surface area contributed by atoms with Crippen LogP contribution in [0, 0.1) is 56.4 Å². The van der Waals surface area contributed by atoms with Gasteiger partial charge in [-0.2, -0.15) is 10.5 Å². The van der Waals surface area contributed by atoms with Crippen molar-refractivity contribution in [1.29, 1.82) is 10.5 Å². The quantitative estimate of drug-likeness (QED) is 0.156. The minimum atomic E-state index is 0. The van der Waals surface area contributed by atoms with E-state index in [1.54, 1.807) is 24.5 Å². The van der Waals surface area contributed by atoms with Gasteiger partial charge >= 0.3 is 0 Å². The van der Waals surface area contributed by atoms with Crippen LogP contribution in [0.25, 0.3) is 56.4 Å². The smallest absolute Gasteiger partial charge is 0.144 e. The van der Waals surface area contributed by atoms with E-state index in [0.29, 0.717) is 11.1 Å². The summed E-state index contributed by atoms with van der Waals surface area (Å²) in [5.74, 6) is 1.62. The standard InChI is InChI=1S/C24H19N3.C24H18N3.Ir/c2*1-17-13-22(20-8-4-3-5-9-20)14-18(2)23(17)27-12-11-26-24(27)21-10-6-7-19(15-21)16-25;/h3-15H,1-2H3;3-9,11-15H,1-2H3;/q;-1;. The second-order valence-electron chi connectivity index (χ2n) is 13.2. The maximum atomic E-state index is 9.20. The second-order valence-corrected chi connectivity index (χ2v) is 13.2. The van der Waals surface area contributed by atoms with Gasteiger partial charge in [0.25, 0.3) is 0 Å². The zero-order valence-electron chi connectivity index (χ0n) is 31.0. The van der Waals surface area contributed by atoms with E-state index in [4.69, 9.17) is 0 Å². The van der Waals surface area contributed by atoms with Crippen LogP contribution >= 0.6 is 0 Å². The van der Waals surface area contributed by atoms with Gasteiger partial charge in [-0.05, 0) is 114 Å². The zero-order valence-corrected chi connectivity index (χ0v) is 33.3. The molecule has 55 heavy (non-hydrogen) atoms. The summed E-state index contributed by atoms with van der Waals surface area (Å²) in [6.45, 7) is 8.50. The van der Waals surface area contributed by atoms with E-state index in [1.807, 2.05) is 54.9 Å². The number of nitrogens with zero attached hydrogens (tertiary/aromatic N) is 6. The third kappa shape index (κ3) is 8.15. The number of imidazole rings is 2. The van der Waals surface area contributed by atoms with E-state index in [9.17, 15) is 10.5 Å². The van der Waals surface area contributed by atoms with Crippen LogP contribution in [0.1, 0.15) is 33.4 Å². The Kier molecular flexibility index (Phi) is 11.8. The fourth-order valence-electron chi connectivity index (χ4n) is 7.04. The first kappa shape index (κ1) is 38.1. The van der Waals surface area contributed by atoms with Gasteiger partial charge in [0.05, 0.1) is 29.2 Å². The van der Waals surface area contributed by atoms with E-state index in [-0.39, 0.29) is 20.1 Å². The summed E-state index contributed by atoms with van der Waals surface area (Å²) in [6, 6.07) is 50.1. The van der Waals surface area contributed by atoms with Gasteiger partial charge in [-0.15, -0.1) is 29.8 Å². The van der Waals surface area contributed by atoms with E-state index in [2.05, 4.69) is 138 Å². The van der Waals surface area contributed by atoms with Gasteiger partial charge in [0.1, 0.15) is 5.82 Å². The maximum Gasteiger partial charge on any atom is 0.144 e. The average Bonchev–Trinajstić information content (AvgIpc) is 3.89. The summed E-state index contributed by atoms with van der Waals surface area (Å²) in [5.41, 5.74) is 14.8. The maximum absolute atomic E-state index is 9.20. The zero-order chi connectivity index (χ0) is 37.6. The Balaban J connectivity index is 0.000000184. The molecule has 0 aliphatic carbocycles. The fourth-order valence-corrected chi connectivity index (χ4v) is 7.04. The minimum Gasteiger partial charge on any atom is -0.340 e. The second kappa shape index (κ2) is 17.0. The molecule has 2 aromatic heterocycles. The van der Waals surface area contributed by atoms with E-state index >= 15 is 0 Å². The summed E-state index contributed by atoms with van der Waals surface area (Å²) < 4.78 is 4.18. The van der Waals surface area contributed by atoms with Crippen molar-refractivity contribution in [1.82, 2.24) is 19.1 Å². The molecule has 2 heterocycles. The predicted molar refractivity (Wildman–Crippen MR) is 216 cm³/mol. The van der Waals surface area contributed by atoms with Crippen molar-refractivity contribution in [3.05, 3.63) is 192 Å². The van der Waals surface area contributed by atoms with Gasteiger partial charge < -0.3 is 4.57 Å². The van der Waals surface area contributed by atoms with E-state index in [0.717, 1.165) is 34.2 Å². The third-order valence-corrected chi connectivity index (χ3v) is 9.38. The Morgan fingerprint density at radius 2 is 0.945 bits per heavy atom. The van der Waals surface area contributed by atoms with Gasteiger partial charge in [-0.3, -0.25) is 9.55 Å². The number of benzene rings is 6. The number of nitriles is 2. The number of aromatic nitrogens is 4. The van der Waals surface area contributed by atoms with Crippen molar-refractivity contribution >= 4 is 0 Å². The van der Waals surface area contributed by atoms with Gasteiger partial charge in [0.2, 0.25) is 0 Å². The van der Waals surface area contributed by atoms with Crippen LogP contribution in [-0.2, 0) is 20.1 Å². The minimum absolute atomic E-state index is 0. The number of rotatable bonds is 6. The van der Waals surface area contributed by atoms with E-state index in [1.165, 1.54) is 44.5 Å². The topological polar surface area (TPSA) is 83.2 Å². The molecule has 6 nitrogen and oxygen atoms in total. The molecule has 1 radical (unpaired) electrons. The van der Waals surface area contributed by atoms with Crippen LogP contribution in [0.2, 0.25) is 0 Å². The molecule has 0 aliphatic heterocycles. The average molecular weight is 890 g/mol. The molecule has 8 aromatic rings. The Morgan fingerprint density at radius 1 is 0.491 bits per heavy atom. The molecule has 0 N–H and O–H groups in total. The summed E-state index contributed by atoms with van der Waals surface area (Å²) in [5, 5.41) is 18.4. The van der Waals surface area contributed by atoms with Crippen molar-refractivity contribution in [2.24, 2.45) is 0 Å². The van der Waals surface area contributed by atoms with E-state index < -0.39 is 0 Å². The normalized spacial score (nSPS) is 10.4. The predicted octanol–water partition coefficient (Wildman–Crippen LogP) is 11.2. The van der Waals surface area contributed by atoms with Gasteiger partial charge in [0, 0.05) is 56.1 Å². The Labute approximate surface area is 336 Å². The molecule has 0 amide bonds. The van der Waals surface area contributed by atoms with Gasteiger partial charge in [-0.1, -0.05) is 72.8 Å². The molecule has 0 unspecified atom stereocenters. The van der Waals surface area contributed by atoms with Crippen molar-refractivity contribution in [3.8, 4) is 68.5 Å². The van der Waals surface area contributed by atoms with Crippen molar-refractivity contribution in [2.75, 3.05) is 0 Å². The Morgan fingerprint density at radius 3 is 1.45 bits per heavy atom. The van der Waals surface area contributed by atoms with Gasteiger partial charge in [0.15, 0.2) is 0 Å². The molecule has 0 spiro atoms. The summed E-state index contributed by atoms with van der Waals surface area (Å²) in [4.78, 5) is 9.08. The number of hydrogen-bond donors (Lipinski definition) is 0. The largest absolute Gasteiger partial charge is 0.340 e. The molecular formula is C48H37IrN6-. The summed E-state index contributed by atoms with van der Waals surface area (Å²) >= 11 is 0. The first-order valence-electron chi connectivity index (χ1n) is 17.7. The molecule has 7 heteroatoms. The van der Waals surface area contributed by atoms with Gasteiger partial charge in [-0.25, -0.2) is 4.98 Å². The number of aryl methyl sites for hydroxylation is 4. The monoisotopic (exact) mass is 890 g/mol. The molecule has 0 saturated heterocycles. The summed E-state index contributed by atoms with van der Waals surface area (Å²) in [7, 11) is 0. The van der Waals surface area contributed by atoms with Crippen LogP contribution in [0.5, 0.6) is 0 Å². The molecule has 0 aliphatic rings. The van der Waals surface area contributed by atoms with Crippen LogP contribution in [-0.4, -0.2) is 19.1 Å². The molecule has 0 fully saturated rings. The molecule has 0 saturated carbocycles. The van der Waals surface area contributed by atoms with Crippen molar-refractivity contribution < 1.29 is 20.1 Å².